The van der Waals surface area contributed by atoms with Crippen LogP contribution in [0.15, 0.2) is 42.5 Å². The zero-order chi connectivity index (χ0) is 21.8. The molecule has 2 aromatic rings. The Morgan fingerprint density at radius 2 is 1.60 bits per heavy atom. The Labute approximate surface area is 177 Å². The van der Waals surface area contributed by atoms with Gasteiger partial charge in [-0.1, -0.05) is 18.2 Å². The molecule has 0 radical (unpaired) electrons. The van der Waals surface area contributed by atoms with Crippen molar-refractivity contribution in [3.8, 4) is 17.2 Å². The molecule has 30 heavy (non-hydrogen) atoms. The molecule has 0 aliphatic heterocycles. The molecule has 0 bridgehead atoms. The summed E-state index contributed by atoms with van der Waals surface area (Å²) < 4.78 is 16.4. The predicted octanol–water partition coefficient (Wildman–Crippen LogP) is 2.97. The van der Waals surface area contributed by atoms with E-state index >= 15 is 0 Å². The average molecular weight is 415 g/mol. The lowest BCUT2D eigenvalue weighted by Gasteiger charge is -2.13. The van der Waals surface area contributed by atoms with Crippen molar-refractivity contribution < 1.29 is 23.8 Å². The van der Waals surface area contributed by atoms with E-state index in [4.69, 9.17) is 14.2 Å². The van der Waals surface area contributed by atoms with Crippen molar-refractivity contribution >= 4 is 11.8 Å². The highest BCUT2D eigenvalue weighted by atomic mass is 16.5. The molecule has 2 rings (SSSR count). The first-order chi connectivity index (χ1) is 14.6. The monoisotopic (exact) mass is 414 g/mol. The molecule has 162 valence electrons. The van der Waals surface area contributed by atoms with Crippen molar-refractivity contribution in [1.29, 1.82) is 0 Å². The van der Waals surface area contributed by atoms with Crippen LogP contribution in [0.4, 0.5) is 0 Å². The maximum absolute atomic E-state index is 12.2. The Morgan fingerprint density at radius 3 is 2.33 bits per heavy atom. The number of nitrogens with one attached hydrogen (secondary N) is 2. The number of hydrogen-bond acceptors (Lipinski definition) is 5. The van der Waals surface area contributed by atoms with E-state index in [2.05, 4.69) is 10.6 Å². The van der Waals surface area contributed by atoms with Gasteiger partial charge < -0.3 is 24.8 Å². The quantitative estimate of drug-likeness (QED) is 0.558. The molecule has 0 saturated carbocycles. The van der Waals surface area contributed by atoms with Crippen molar-refractivity contribution in [2.75, 3.05) is 33.4 Å². The fraction of sp³-hybridized carbons (Fsp3) is 0.391. The molecule has 0 aliphatic carbocycles. The summed E-state index contributed by atoms with van der Waals surface area (Å²) in [6, 6.07) is 12.8. The number of rotatable bonds is 12. The van der Waals surface area contributed by atoms with Gasteiger partial charge in [-0.3, -0.25) is 9.59 Å². The van der Waals surface area contributed by atoms with Crippen LogP contribution in [0.25, 0.3) is 0 Å². The predicted molar refractivity (Wildman–Crippen MR) is 115 cm³/mol. The topological polar surface area (TPSA) is 85.9 Å². The summed E-state index contributed by atoms with van der Waals surface area (Å²) in [6.07, 6.45) is 0.875. The molecule has 0 spiro atoms. The van der Waals surface area contributed by atoms with E-state index in [1.807, 2.05) is 32.0 Å². The average Bonchev–Trinajstić information content (AvgIpc) is 2.75. The van der Waals surface area contributed by atoms with Crippen LogP contribution in [0, 0.1) is 0 Å². The number of methoxy groups -OCH3 is 1. The van der Waals surface area contributed by atoms with Gasteiger partial charge in [0.05, 0.1) is 25.9 Å². The van der Waals surface area contributed by atoms with Gasteiger partial charge in [-0.05, 0) is 50.1 Å². The van der Waals surface area contributed by atoms with E-state index in [-0.39, 0.29) is 24.8 Å². The van der Waals surface area contributed by atoms with Gasteiger partial charge in [0.1, 0.15) is 5.75 Å². The minimum Gasteiger partial charge on any atom is -0.496 e. The Hall–Kier alpha value is -3.22. The van der Waals surface area contributed by atoms with E-state index in [9.17, 15) is 9.59 Å². The van der Waals surface area contributed by atoms with Gasteiger partial charge in [-0.15, -0.1) is 0 Å². The summed E-state index contributed by atoms with van der Waals surface area (Å²) in [7, 11) is 1.52. The second kappa shape index (κ2) is 12.4. The number of carbonyl (C=O) groups is 2. The molecule has 0 unspecified atom stereocenters. The molecule has 0 aliphatic rings. The normalized spacial score (nSPS) is 10.2. The van der Waals surface area contributed by atoms with Crippen LogP contribution in [-0.2, 0) is 11.2 Å². The van der Waals surface area contributed by atoms with E-state index in [0.717, 1.165) is 11.3 Å². The van der Waals surface area contributed by atoms with Crippen LogP contribution in [-0.4, -0.2) is 45.2 Å². The number of carbonyl (C=O) groups excluding carboxylic acids is 2. The van der Waals surface area contributed by atoms with Crippen molar-refractivity contribution in [3.05, 3.63) is 53.6 Å². The molecule has 2 N–H and O–H groups in total. The molecule has 2 amide bonds. The summed E-state index contributed by atoms with van der Waals surface area (Å²) in [5.74, 6) is 1.55. The molecule has 0 atom stereocenters. The summed E-state index contributed by atoms with van der Waals surface area (Å²) in [5, 5.41) is 5.61. The maximum Gasteiger partial charge on any atom is 0.255 e. The van der Waals surface area contributed by atoms with Gasteiger partial charge in [-0.25, -0.2) is 0 Å². The van der Waals surface area contributed by atoms with Gasteiger partial charge in [0.15, 0.2) is 11.5 Å². The fourth-order valence-electron chi connectivity index (χ4n) is 2.90. The summed E-state index contributed by atoms with van der Waals surface area (Å²) >= 11 is 0. The van der Waals surface area contributed by atoms with E-state index in [0.29, 0.717) is 43.2 Å². The van der Waals surface area contributed by atoms with Gasteiger partial charge in [0.2, 0.25) is 5.91 Å². The van der Waals surface area contributed by atoms with Crippen LogP contribution < -0.4 is 24.8 Å². The van der Waals surface area contributed by atoms with Crippen LogP contribution in [0.2, 0.25) is 0 Å². The molecular formula is C23H30N2O5. The lowest BCUT2D eigenvalue weighted by atomic mass is 10.1. The third-order valence-electron chi connectivity index (χ3n) is 4.33. The lowest BCUT2D eigenvalue weighted by Crippen LogP contribution is -2.31. The summed E-state index contributed by atoms with van der Waals surface area (Å²) in [4.78, 5) is 24.3. The largest absolute Gasteiger partial charge is 0.496 e. The van der Waals surface area contributed by atoms with E-state index < -0.39 is 0 Å². The SMILES string of the molecule is CCOc1ccc(CCNC(=O)CCNC(=O)c2ccccc2OC)cc1OCC. The first kappa shape index (κ1) is 23.1. The van der Waals surface area contributed by atoms with Crippen LogP contribution in [0.5, 0.6) is 17.2 Å². The fourth-order valence-corrected chi connectivity index (χ4v) is 2.90. The van der Waals surface area contributed by atoms with Gasteiger partial charge in [0, 0.05) is 19.5 Å². The minimum absolute atomic E-state index is 0.119. The van der Waals surface area contributed by atoms with Gasteiger partial charge in [0.25, 0.3) is 5.91 Å². The highest BCUT2D eigenvalue weighted by molar-refractivity contribution is 5.97. The third-order valence-corrected chi connectivity index (χ3v) is 4.33. The second-order valence-electron chi connectivity index (χ2n) is 6.45. The van der Waals surface area contributed by atoms with Gasteiger partial charge in [-0.2, -0.15) is 0 Å². The Morgan fingerprint density at radius 1 is 0.867 bits per heavy atom. The Bertz CT molecular complexity index is 838. The number of ether oxygens (including phenoxy) is 3. The summed E-state index contributed by atoms with van der Waals surface area (Å²) in [6.45, 7) is 5.73. The highest BCUT2D eigenvalue weighted by Crippen LogP contribution is 2.28. The minimum atomic E-state index is -0.266. The molecular weight excluding hydrogens is 384 g/mol. The van der Waals surface area contributed by atoms with Crippen molar-refractivity contribution in [2.24, 2.45) is 0 Å². The van der Waals surface area contributed by atoms with Crippen LogP contribution in [0.3, 0.4) is 0 Å². The van der Waals surface area contributed by atoms with Crippen molar-refractivity contribution in [3.63, 3.8) is 0 Å². The molecule has 0 heterocycles. The summed E-state index contributed by atoms with van der Waals surface area (Å²) in [5.41, 5.74) is 1.49. The molecule has 7 nitrogen and oxygen atoms in total. The smallest absolute Gasteiger partial charge is 0.255 e. The maximum atomic E-state index is 12.2. The van der Waals surface area contributed by atoms with Crippen molar-refractivity contribution in [1.82, 2.24) is 10.6 Å². The number of hydrogen-bond donors (Lipinski definition) is 2. The molecule has 0 saturated heterocycles. The standard InChI is InChI=1S/C23H30N2O5/c1-4-29-20-11-10-17(16-21(20)30-5-2)12-14-24-22(26)13-15-25-23(27)18-8-6-7-9-19(18)28-3/h6-11,16H,4-5,12-15H2,1-3H3,(H,24,26)(H,25,27). The molecule has 2 aromatic carbocycles. The van der Waals surface area contributed by atoms with E-state index in [1.165, 1.54) is 7.11 Å². The number of benzene rings is 2. The van der Waals surface area contributed by atoms with Crippen LogP contribution >= 0.6 is 0 Å². The van der Waals surface area contributed by atoms with Crippen molar-refractivity contribution in [2.45, 2.75) is 26.7 Å². The van der Waals surface area contributed by atoms with Crippen LogP contribution in [0.1, 0.15) is 36.2 Å². The highest BCUT2D eigenvalue weighted by Gasteiger charge is 2.11. The molecule has 7 heteroatoms. The van der Waals surface area contributed by atoms with Gasteiger partial charge >= 0.3 is 0 Å². The zero-order valence-electron chi connectivity index (χ0n) is 17.8. The number of amides is 2. The lowest BCUT2D eigenvalue weighted by molar-refractivity contribution is -0.120. The zero-order valence-corrected chi connectivity index (χ0v) is 17.8. The first-order valence-corrected chi connectivity index (χ1v) is 10.2. The Kier molecular flexibility index (Phi) is 9.51. The second-order valence-corrected chi connectivity index (χ2v) is 6.45. The molecule has 0 aromatic heterocycles. The van der Waals surface area contributed by atoms with E-state index in [1.54, 1.807) is 24.3 Å². The Balaban J connectivity index is 1.74. The molecule has 0 fully saturated rings. The number of para-hydroxylation sites is 1. The first-order valence-electron chi connectivity index (χ1n) is 10.2. The third kappa shape index (κ3) is 6.99.